The average Bonchev–Trinajstić information content (AvgIpc) is 2.82. The van der Waals surface area contributed by atoms with Crippen LogP contribution in [0.5, 0.6) is 0 Å². The Kier molecular flexibility index (Phi) is 4.73. The van der Waals surface area contributed by atoms with Crippen LogP contribution in [0.15, 0.2) is 57.9 Å². The van der Waals surface area contributed by atoms with E-state index in [9.17, 15) is 19.5 Å². The minimum atomic E-state index is -1.06. The Bertz CT molecular complexity index is 839. The number of hydrogen-bond acceptors (Lipinski definition) is 4. The topological polar surface area (TPSA) is 74.7 Å². The minimum Gasteiger partial charge on any atom is -0.478 e. The summed E-state index contributed by atoms with van der Waals surface area (Å²) in [6.07, 6.45) is 0.0405. The number of anilines is 1. The van der Waals surface area contributed by atoms with Crippen LogP contribution in [0.3, 0.4) is 0 Å². The number of aromatic carboxylic acids is 1. The van der Waals surface area contributed by atoms with Gasteiger partial charge in [-0.15, -0.1) is 11.8 Å². The van der Waals surface area contributed by atoms with Crippen molar-refractivity contribution in [3.63, 3.8) is 0 Å². The molecule has 122 valence electrons. The molecule has 1 saturated heterocycles. The van der Waals surface area contributed by atoms with Crippen LogP contribution in [0.1, 0.15) is 16.8 Å². The van der Waals surface area contributed by atoms with Crippen molar-refractivity contribution in [1.82, 2.24) is 0 Å². The van der Waals surface area contributed by atoms with Gasteiger partial charge in [-0.2, -0.15) is 0 Å². The van der Waals surface area contributed by atoms with E-state index >= 15 is 0 Å². The zero-order valence-corrected chi connectivity index (χ0v) is 14.7. The van der Waals surface area contributed by atoms with Crippen LogP contribution in [0.4, 0.5) is 5.69 Å². The van der Waals surface area contributed by atoms with Gasteiger partial charge in [-0.05, 0) is 40.2 Å². The second-order valence-electron chi connectivity index (χ2n) is 5.13. The molecule has 0 spiro atoms. The lowest BCUT2D eigenvalue weighted by Gasteiger charge is -2.16. The van der Waals surface area contributed by atoms with Crippen LogP contribution >= 0.6 is 27.7 Å². The molecule has 5 nitrogen and oxygen atoms in total. The number of rotatable bonds is 4. The van der Waals surface area contributed by atoms with Gasteiger partial charge in [0, 0.05) is 15.8 Å². The fourth-order valence-electron chi connectivity index (χ4n) is 2.48. The van der Waals surface area contributed by atoms with Crippen molar-refractivity contribution in [2.75, 3.05) is 4.90 Å². The molecule has 1 aliphatic heterocycles. The number of carboxylic acid groups (broad SMARTS) is 1. The molecule has 0 aromatic heterocycles. The van der Waals surface area contributed by atoms with Crippen LogP contribution in [-0.4, -0.2) is 28.1 Å². The minimum absolute atomic E-state index is 0.0405. The largest absolute Gasteiger partial charge is 0.478 e. The summed E-state index contributed by atoms with van der Waals surface area (Å²) in [5.41, 5.74) is 0.629. The summed E-state index contributed by atoms with van der Waals surface area (Å²) in [6.45, 7) is 0. The fourth-order valence-corrected chi connectivity index (χ4v) is 4.12. The molecule has 3 rings (SSSR count). The van der Waals surface area contributed by atoms with E-state index in [0.717, 1.165) is 16.7 Å². The molecule has 1 heterocycles. The van der Waals surface area contributed by atoms with Crippen molar-refractivity contribution in [1.29, 1.82) is 0 Å². The van der Waals surface area contributed by atoms with Gasteiger partial charge in [0.25, 0.3) is 0 Å². The third-order valence-corrected chi connectivity index (χ3v) is 5.52. The maximum Gasteiger partial charge on any atom is 0.336 e. The summed E-state index contributed by atoms with van der Waals surface area (Å²) < 4.78 is 0.656. The number of imide groups is 1. The van der Waals surface area contributed by atoms with E-state index in [1.54, 1.807) is 42.5 Å². The van der Waals surface area contributed by atoms with E-state index in [1.807, 2.05) is 0 Å². The third-order valence-electron chi connectivity index (χ3n) is 3.59. The number of carbonyl (C=O) groups is 3. The number of carbonyl (C=O) groups excluding carboxylic acids is 2. The number of halogens is 1. The molecule has 7 heteroatoms. The number of amides is 2. The second-order valence-corrected chi connectivity index (χ2v) is 7.23. The van der Waals surface area contributed by atoms with Gasteiger partial charge in [0.1, 0.15) is 0 Å². The van der Waals surface area contributed by atoms with Gasteiger partial charge >= 0.3 is 5.97 Å². The maximum atomic E-state index is 12.7. The first kappa shape index (κ1) is 16.7. The molecule has 1 aliphatic rings. The standard InChI is InChI=1S/C17H12BrNO4S/c18-11-6-2-3-7-12(11)19-15(20)9-14(16(19)21)24-13-8-4-1-5-10(13)17(22)23/h1-8,14H,9H2,(H,22,23). The first-order valence-corrected chi connectivity index (χ1v) is 8.76. The number of benzene rings is 2. The summed E-state index contributed by atoms with van der Waals surface area (Å²) in [7, 11) is 0. The smallest absolute Gasteiger partial charge is 0.336 e. The maximum absolute atomic E-state index is 12.7. The van der Waals surface area contributed by atoms with Crippen molar-refractivity contribution in [2.45, 2.75) is 16.6 Å². The first-order chi connectivity index (χ1) is 11.5. The van der Waals surface area contributed by atoms with E-state index in [4.69, 9.17) is 0 Å². The Morgan fingerprint density at radius 1 is 1.12 bits per heavy atom. The number of thioether (sulfide) groups is 1. The Hall–Kier alpha value is -2.12. The molecule has 24 heavy (non-hydrogen) atoms. The molecule has 0 bridgehead atoms. The van der Waals surface area contributed by atoms with Crippen LogP contribution < -0.4 is 4.90 Å². The molecular formula is C17H12BrNO4S. The predicted octanol–water partition coefficient (Wildman–Crippen LogP) is 3.57. The van der Waals surface area contributed by atoms with Crippen molar-refractivity contribution >= 4 is 51.2 Å². The Balaban J connectivity index is 1.88. The molecule has 0 radical (unpaired) electrons. The SMILES string of the molecule is O=C(O)c1ccccc1SC1CC(=O)N(c2ccccc2Br)C1=O. The van der Waals surface area contributed by atoms with Crippen LogP contribution in [0, 0.1) is 0 Å². The molecule has 1 fully saturated rings. The van der Waals surface area contributed by atoms with E-state index in [1.165, 1.54) is 6.07 Å². The molecule has 1 unspecified atom stereocenters. The quantitative estimate of drug-likeness (QED) is 0.786. The lowest BCUT2D eigenvalue weighted by atomic mass is 10.2. The molecule has 1 N–H and O–H groups in total. The summed E-state index contributed by atoms with van der Waals surface area (Å²) in [5.74, 6) is -1.69. The van der Waals surface area contributed by atoms with E-state index in [2.05, 4.69) is 15.9 Å². The van der Waals surface area contributed by atoms with E-state index < -0.39 is 11.2 Å². The number of hydrogen-bond donors (Lipinski definition) is 1. The van der Waals surface area contributed by atoms with Crippen LogP contribution in [0.25, 0.3) is 0 Å². The summed E-state index contributed by atoms with van der Waals surface area (Å²) in [4.78, 5) is 37.9. The van der Waals surface area contributed by atoms with E-state index in [-0.39, 0.29) is 23.8 Å². The van der Waals surface area contributed by atoms with Gasteiger partial charge in [0.2, 0.25) is 11.8 Å². The molecule has 2 amide bonds. The highest BCUT2D eigenvalue weighted by molar-refractivity contribution is 9.10. The van der Waals surface area contributed by atoms with Crippen molar-refractivity contribution < 1.29 is 19.5 Å². The highest BCUT2D eigenvalue weighted by Gasteiger charge is 2.41. The lowest BCUT2D eigenvalue weighted by molar-refractivity contribution is -0.121. The van der Waals surface area contributed by atoms with Crippen LogP contribution in [-0.2, 0) is 9.59 Å². The lowest BCUT2D eigenvalue weighted by Crippen LogP contribution is -2.31. The Morgan fingerprint density at radius 3 is 2.50 bits per heavy atom. The second kappa shape index (κ2) is 6.78. The normalized spacial score (nSPS) is 17.4. The van der Waals surface area contributed by atoms with Gasteiger partial charge in [0.05, 0.1) is 16.5 Å². The average molecular weight is 406 g/mol. The van der Waals surface area contributed by atoms with E-state index in [0.29, 0.717) is 15.1 Å². The van der Waals surface area contributed by atoms with Gasteiger partial charge in [-0.3, -0.25) is 9.59 Å². The molecule has 2 aromatic rings. The molecule has 1 atom stereocenters. The highest BCUT2D eigenvalue weighted by Crippen LogP contribution is 2.37. The highest BCUT2D eigenvalue weighted by atomic mass is 79.9. The number of nitrogens with zero attached hydrogens (tertiary/aromatic N) is 1. The molecular weight excluding hydrogens is 394 g/mol. The van der Waals surface area contributed by atoms with Crippen molar-refractivity contribution in [2.24, 2.45) is 0 Å². The first-order valence-electron chi connectivity index (χ1n) is 7.09. The zero-order valence-electron chi connectivity index (χ0n) is 12.3. The molecule has 2 aromatic carbocycles. The Labute approximate surface area is 150 Å². The summed E-state index contributed by atoms with van der Waals surface area (Å²) in [6, 6.07) is 13.5. The monoisotopic (exact) mass is 405 g/mol. The van der Waals surface area contributed by atoms with Crippen LogP contribution in [0.2, 0.25) is 0 Å². The molecule has 0 aliphatic carbocycles. The summed E-state index contributed by atoms with van der Waals surface area (Å²) >= 11 is 4.46. The number of para-hydroxylation sites is 1. The van der Waals surface area contributed by atoms with Gasteiger partial charge < -0.3 is 5.11 Å². The fraction of sp³-hybridized carbons (Fsp3) is 0.118. The van der Waals surface area contributed by atoms with Gasteiger partial charge in [-0.25, -0.2) is 9.69 Å². The zero-order chi connectivity index (χ0) is 17.3. The predicted molar refractivity (Wildman–Crippen MR) is 94.3 cm³/mol. The van der Waals surface area contributed by atoms with Crippen molar-refractivity contribution in [3.05, 3.63) is 58.6 Å². The molecule has 0 saturated carbocycles. The van der Waals surface area contributed by atoms with Gasteiger partial charge in [0.15, 0.2) is 0 Å². The Morgan fingerprint density at radius 2 is 1.79 bits per heavy atom. The van der Waals surface area contributed by atoms with Crippen molar-refractivity contribution in [3.8, 4) is 0 Å². The number of carboxylic acids is 1. The summed E-state index contributed by atoms with van der Waals surface area (Å²) in [5, 5.41) is 8.61. The van der Waals surface area contributed by atoms with Gasteiger partial charge in [-0.1, -0.05) is 24.3 Å². The third kappa shape index (κ3) is 3.09.